The van der Waals surface area contributed by atoms with Gasteiger partial charge in [0.05, 0.1) is 6.10 Å². The van der Waals surface area contributed by atoms with Crippen LogP contribution in [-0.4, -0.2) is 25.4 Å². The summed E-state index contributed by atoms with van der Waals surface area (Å²) < 4.78 is 55.4. The number of benzene rings is 1. The van der Waals surface area contributed by atoms with E-state index in [1.54, 1.807) is 0 Å². The molecule has 1 aromatic carbocycles. The smallest absolute Gasteiger partial charge is 0.360 e. The van der Waals surface area contributed by atoms with Crippen LogP contribution in [0.5, 0.6) is 0 Å². The summed E-state index contributed by atoms with van der Waals surface area (Å²) in [5, 5.41) is 2.93. The molecule has 19 heavy (non-hydrogen) atoms. The third-order valence-electron chi connectivity index (χ3n) is 2.65. The van der Waals surface area contributed by atoms with Crippen LogP contribution < -0.4 is 5.32 Å². The number of ether oxygens (including phenoxy) is 1. The molecule has 0 heterocycles. The summed E-state index contributed by atoms with van der Waals surface area (Å²) in [7, 11) is 0. The zero-order chi connectivity index (χ0) is 14.5. The summed E-state index contributed by atoms with van der Waals surface area (Å²) in [4.78, 5) is 0. The highest BCUT2D eigenvalue weighted by molar-refractivity contribution is 5.19. The summed E-state index contributed by atoms with van der Waals surface area (Å²) in [6.45, 7) is 3.65. The maximum atomic E-state index is 12.8. The van der Waals surface area contributed by atoms with E-state index in [1.807, 2.05) is 6.92 Å². The molecule has 2 unspecified atom stereocenters. The Hall–Kier alpha value is -1.14. The van der Waals surface area contributed by atoms with Crippen molar-refractivity contribution in [1.29, 1.82) is 0 Å². The van der Waals surface area contributed by atoms with Crippen molar-refractivity contribution in [2.24, 2.45) is 0 Å². The van der Waals surface area contributed by atoms with Gasteiger partial charge in [-0.3, -0.25) is 0 Å². The molecule has 2 atom stereocenters. The van der Waals surface area contributed by atoms with Crippen LogP contribution in [0.15, 0.2) is 24.3 Å². The van der Waals surface area contributed by atoms with Crippen molar-refractivity contribution in [3.05, 3.63) is 35.6 Å². The molecule has 0 aliphatic carbocycles. The molecular weight excluding hydrogens is 262 g/mol. The molecule has 0 spiro atoms. The molecule has 0 aliphatic rings. The highest BCUT2D eigenvalue weighted by atomic mass is 19.4. The highest BCUT2D eigenvalue weighted by Crippen LogP contribution is 2.28. The molecule has 0 radical (unpaired) electrons. The predicted molar refractivity (Wildman–Crippen MR) is 64.3 cm³/mol. The largest absolute Gasteiger partial charge is 0.414 e. The molecule has 1 N–H and O–H groups in total. The Morgan fingerprint density at radius 3 is 2.26 bits per heavy atom. The molecule has 0 fully saturated rings. The van der Waals surface area contributed by atoms with Gasteiger partial charge in [-0.1, -0.05) is 19.1 Å². The molecule has 0 saturated heterocycles. The van der Waals surface area contributed by atoms with Crippen molar-refractivity contribution < 1.29 is 22.3 Å². The van der Waals surface area contributed by atoms with Crippen molar-refractivity contribution in [3.63, 3.8) is 0 Å². The molecule has 1 rings (SSSR count). The Balaban J connectivity index is 2.79. The maximum absolute atomic E-state index is 12.8. The molecule has 0 aliphatic heterocycles. The van der Waals surface area contributed by atoms with E-state index in [4.69, 9.17) is 4.74 Å². The Kier molecular flexibility index (Phi) is 5.75. The van der Waals surface area contributed by atoms with E-state index in [2.05, 4.69) is 5.32 Å². The van der Waals surface area contributed by atoms with Gasteiger partial charge >= 0.3 is 6.18 Å². The summed E-state index contributed by atoms with van der Waals surface area (Å²) in [6.07, 6.45) is -7.05. The van der Waals surface area contributed by atoms with E-state index < -0.39 is 24.2 Å². The molecular formula is C13H17F4NO. The monoisotopic (exact) mass is 279 g/mol. The number of alkyl halides is 3. The molecule has 0 amide bonds. The molecule has 0 aromatic heterocycles. The molecule has 0 saturated carbocycles. The van der Waals surface area contributed by atoms with E-state index in [1.165, 1.54) is 24.3 Å². The van der Waals surface area contributed by atoms with Crippen LogP contribution in [0.25, 0.3) is 0 Å². The second kappa shape index (κ2) is 6.86. The van der Waals surface area contributed by atoms with E-state index in [-0.39, 0.29) is 6.54 Å². The fourth-order valence-electron chi connectivity index (χ4n) is 1.52. The van der Waals surface area contributed by atoms with Gasteiger partial charge in [0.15, 0.2) is 6.10 Å². The van der Waals surface area contributed by atoms with Gasteiger partial charge in [0.25, 0.3) is 0 Å². The first-order valence-electron chi connectivity index (χ1n) is 6.03. The molecule has 2 nitrogen and oxygen atoms in total. The number of nitrogens with one attached hydrogen (secondary N) is 1. The first-order valence-corrected chi connectivity index (χ1v) is 6.03. The van der Waals surface area contributed by atoms with Gasteiger partial charge in [-0.05, 0) is 31.2 Å². The first-order chi connectivity index (χ1) is 8.84. The van der Waals surface area contributed by atoms with Crippen LogP contribution >= 0.6 is 0 Å². The minimum atomic E-state index is -4.41. The quantitative estimate of drug-likeness (QED) is 0.805. The fraction of sp³-hybridized carbons (Fsp3) is 0.538. The van der Waals surface area contributed by atoms with Crippen molar-refractivity contribution in [2.75, 3.05) is 13.1 Å². The highest BCUT2D eigenvalue weighted by Gasteiger charge is 2.38. The second-order valence-electron chi connectivity index (χ2n) is 4.17. The summed E-state index contributed by atoms with van der Waals surface area (Å²) >= 11 is 0. The lowest BCUT2D eigenvalue weighted by molar-refractivity contribution is -0.227. The minimum Gasteiger partial charge on any atom is -0.360 e. The lowest BCUT2D eigenvalue weighted by atomic mass is 10.1. The Morgan fingerprint density at radius 2 is 1.79 bits per heavy atom. The Labute approximate surface area is 109 Å². The van der Waals surface area contributed by atoms with Gasteiger partial charge in [0, 0.05) is 6.54 Å². The lowest BCUT2D eigenvalue weighted by Crippen LogP contribution is -2.33. The molecule has 0 bridgehead atoms. The number of rotatable bonds is 6. The second-order valence-corrected chi connectivity index (χ2v) is 4.17. The average Bonchev–Trinajstić information content (AvgIpc) is 2.34. The molecule has 6 heteroatoms. The minimum absolute atomic E-state index is 0.239. The summed E-state index contributed by atoms with van der Waals surface area (Å²) in [5.41, 5.74) is 0.512. The van der Waals surface area contributed by atoms with Gasteiger partial charge < -0.3 is 10.1 Å². The third-order valence-corrected chi connectivity index (χ3v) is 2.65. The van der Waals surface area contributed by atoms with Crippen molar-refractivity contribution in [2.45, 2.75) is 32.2 Å². The van der Waals surface area contributed by atoms with E-state index in [0.29, 0.717) is 12.1 Å². The Bertz CT molecular complexity index is 377. The van der Waals surface area contributed by atoms with Crippen LogP contribution in [0.4, 0.5) is 17.6 Å². The van der Waals surface area contributed by atoms with Gasteiger partial charge in [-0.2, -0.15) is 13.2 Å². The van der Waals surface area contributed by atoms with Gasteiger partial charge in [0.1, 0.15) is 5.82 Å². The summed E-state index contributed by atoms with van der Waals surface area (Å²) in [5.74, 6) is -0.435. The van der Waals surface area contributed by atoms with Crippen molar-refractivity contribution >= 4 is 0 Å². The van der Waals surface area contributed by atoms with Gasteiger partial charge in [-0.15, -0.1) is 0 Å². The van der Waals surface area contributed by atoms with E-state index in [0.717, 1.165) is 6.92 Å². The van der Waals surface area contributed by atoms with E-state index in [9.17, 15) is 17.6 Å². The normalized spacial score (nSPS) is 15.3. The standard InChI is InChI=1S/C13H17F4NO/c1-3-18-8-12(19-9(2)13(15,16)17)10-4-6-11(14)7-5-10/h4-7,9,12,18H,3,8H2,1-2H3. The number of hydrogen-bond donors (Lipinski definition) is 1. The molecule has 1 aromatic rings. The fourth-order valence-corrected chi connectivity index (χ4v) is 1.52. The van der Waals surface area contributed by atoms with Crippen LogP contribution in [0.3, 0.4) is 0 Å². The summed E-state index contributed by atoms with van der Waals surface area (Å²) in [6, 6.07) is 5.27. The van der Waals surface area contributed by atoms with Crippen LogP contribution in [-0.2, 0) is 4.74 Å². The van der Waals surface area contributed by atoms with Crippen LogP contribution in [0.2, 0.25) is 0 Å². The average molecular weight is 279 g/mol. The zero-order valence-electron chi connectivity index (χ0n) is 10.8. The Morgan fingerprint density at radius 1 is 1.21 bits per heavy atom. The third kappa shape index (κ3) is 5.16. The van der Waals surface area contributed by atoms with Crippen molar-refractivity contribution in [3.8, 4) is 0 Å². The van der Waals surface area contributed by atoms with Gasteiger partial charge in [0.2, 0.25) is 0 Å². The van der Waals surface area contributed by atoms with E-state index >= 15 is 0 Å². The number of likely N-dealkylation sites (N-methyl/N-ethyl adjacent to an activating group) is 1. The topological polar surface area (TPSA) is 21.3 Å². The number of hydrogen-bond acceptors (Lipinski definition) is 2. The van der Waals surface area contributed by atoms with Gasteiger partial charge in [-0.25, -0.2) is 4.39 Å². The zero-order valence-corrected chi connectivity index (χ0v) is 10.8. The SMILES string of the molecule is CCNCC(OC(C)C(F)(F)F)c1ccc(F)cc1. The first kappa shape index (κ1) is 15.9. The maximum Gasteiger partial charge on any atom is 0.414 e. The van der Waals surface area contributed by atoms with Crippen LogP contribution in [0, 0.1) is 5.82 Å². The molecule has 108 valence electrons. The van der Waals surface area contributed by atoms with Crippen LogP contribution in [0.1, 0.15) is 25.5 Å². The van der Waals surface area contributed by atoms with Crippen molar-refractivity contribution in [1.82, 2.24) is 5.32 Å². The lowest BCUT2D eigenvalue weighted by Gasteiger charge is -2.24. The number of halogens is 4. The predicted octanol–water partition coefficient (Wildman–Crippen LogP) is 3.44.